The van der Waals surface area contributed by atoms with Crippen molar-refractivity contribution < 1.29 is 19.2 Å². The molecule has 8 rings (SSSR count). The highest BCUT2D eigenvalue weighted by Gasteiger charge is 2.34. The highest BCUT2D eigenvalue weighted by atomic mass is 16.2. The molecule has 0 aromatic heterocycles. The summed E-state index contributed by atoms with van der Waals surface area (Å²) in [5.41, 5.74) is 11.7. The first kappa shape index (κ1) is 40.5. The summed E-state index contributed by atoms with van der Waals surface area (Å²) < 4.78 is 0. The second-order valence-electron chi connectivity index (χ2n) is 17.7. The monoisotopic (exact) mass is 788 g/mol. The number of hydrogen-bond donors (Lipinski definition) is 0. The molecule has 0 amide bonds. The number of rotatable bonds is 8. The molecule has 4 nitrogen and oxygen atoms in total. The zero-order chi connectivity index (χ0) is 42.6. The maximum absolute atomic E-state index is 13.9. The van der Waals surface area contributed by atoms with Crippen molar-refractivity contribution in [2.24, 2.45) is 0 Å². The summed E-state index contributed by atoms with van der Waals surface area (Å²) in [5, 5.41) is 3.17. The van der Waals surface area contributed by atoms with Crippen molar-refractivity contribution in [1.29, 1.82) is 0 Å². The van der Waals surface area contributed by atoms with E-state index in [4.69, 9.17) is 0 Å². The van der Waals surface area contributed by atoms with E-state index in [-0.39, 0.29) is 58.0 Å². The number of ketones is 4. The fraction of sp³-hybridized carbons (Fsp3) is 0.250. The molecule has 0 spiro atoms. The zero-order valence-corrected chi connectivity index (χ0v) is 35.9. The van der Waals surface area contributed by atoms with Gasteiger partial charge in [-0.1, -0.05) is 165 Å². The quantitative estimate of drug-likeness (QED) is 0.154. The van der Waals surface area contributed by atoms with Gasteiger partial charge < -0.3 is 0 Å². The van der Waals surface area contributed by atoms with Crippen molar-refractivity contribution in [1.82, 2.24) is 0 Å². The molecule has 0 aliphatic heterocycles. The smallest absolute Gasteiger partial charge is 0.198 e. The van der Waals surface area contributed by atoms with Crippen LogP contribution in [0.2, 0.25) is 0 Å². The molecule has 0 saturated carbocycles. The molecule has 0 bridgehead atoms. The Balaban J connectivity index is 1.49. The van der Waals surface area contributed by atoms with Crippen molar-refractivity contribution in [2.75, 3.05) is 0 Å². The standard InChI is InChI=1S/C56H52O4/c1-31(2)39-19-13-20-40(32(3)4)49(39)29-37-27-35(51-53(57)45-15-9-10-16-46(45)54(51)58)23-25-43(37)44-26-24-36(52-55(59)47-17-11-12-18-48(47)56(52)60)28-38(44)30-50-41(33(5)6)21-14-22-42(50)34(7)8/h9-28,31-34H,29-30H2,1-8H3/b44-43+. The molecule has 6 aromatic rings. The molecule has 0 radical (unpaired) electrons. The van der Waals surface area contributed by atoms with Gasteiger partial charge >= 0.3 is 0 Å². The average molecular weight is 789 g/mol. The van der Waals surface area contributed by atoms with Gasteiger partial charge in [-0.2, -0.15) is 0 Å². The van der Waals surface area contributed by atoms with Crippen LogP contribution in [0.3, 0.4) is 0 Å². The molecule has 6 aromatic carbocycles. The number of benzene rings is 6. The van der Waals surface area contributed by atoms with E-state index in [1.165, 1.54) is 33.4 Å². The Kier molecular flexibility index (Phi) is 10.8. The van der Waals surface area contributed by atoms with Gasteiger partial charge in [0.2, 0.25) is 0 Å². The van der Waals surface area contributed by atoms with Crippen molar-refractivity contribution in [3.8, 4) is 0 Å². The summed E-state index contributed by atoms with van der Waals surface area (Å²) in [6.45, 7) is 17.8. The molecule has 300 valence electrons. The second kappa shape index (κ2) is 16.1. The highest BCUT2D eigenvalue weighted by Crippen LogP contribution is 2.33. The molecule has 4 heteroatoms. The van der Waals surface area contributed by atoms with Gasteiger partial charge in [-0.3, -0.25) is 19.2 Å². The third-order valence-electron chi connectivity index (χ3n) is 12.5. The van der Waals surface area contributed by atoms with Gasteiger partial charge in [0, 0.05) is 22.3 Å². The number of fused-ring (bicyclic) bond motifs is 2. The van der Waals surface area contributed by atoms with Crippen LogP contribution in [0.25, 0.3) is 11.1 Å². The van der Waals surface area contributed by atoms with Crippen LogP contribution in [0, 0.1) is 10.4 Å². The zero-order valence-electron chi connectivity index (χ0n) is 35.9. The lowest BCUT2D eigenvalue weighted by Gasteiger charge is -2.21. The Morgan fingerprint density at radius 1 is 0.350 bits per heavy atom. The topological polar surface area (TPSA) is 68.3 Å². The van der Waals surface area contributed by atoms with Crippen LogP contribution in [0.5, 0.6) is 0 Å². The largest absolute Gasteiger partial charge is 0.288 e. The summed E-state index contributed by atoms with van der Waals surface area (Å²) in [4.78, 5) is 55.7. The Morgan fingerprint density at radius 3 is 0.900 bits per heavy atom. The predicted octanol–water partition coefficient (Wildman–Crippen LogP) is 11.1. The van der Waals surface area contributed by atoms with E-state index in [0.29, 0.717) is 45.5 Å². The van der Waals surface area contributed by atoms with E-state index in [1.807, 2.05) is 12.1 Å². The third-order valence-corrected chi connectivity index (χ3v) is 12.5. The van der Waals surface area contributed by atoms with Crippen LogP contribution in [-0.2, 0) is 12.8 Å². The maximum Gasteiger partial charge on any atom is 0.198 e. The predicted molar refractivity (Wildman–Crippen MR) is 242 cm³/mol. The van der Waals surface area contributed by atoms with Gasteiger partial charge in [0.1, 0.15) is 0 Å². The molecule has 0 heterocycles. The van der Waals surface area contributed by atoms with Crippen LogP contribution >= 0.6 is 0 Å². The molecule has 60 heavy (non-hydrogen) atoms. The van der Waals surface area contributed by atoms with Gasteiger partial charge in [0.05, 0.1) is 11.1 Å². The van der Waals surface area contributed by atoms with Gasteiger partial charge in [0.15, 0.2) is 23.1 Å². The molecular weight excluding hydrogens is 737 g/mol. The van der Waals surface area contributed by atoms with E-state index in [1.54, 1.807) is 48.5 Å². The fourth-order valence-corrected chi connectivity index (χ4v) is 9.54. The molecule has 0 N–H and O–H groups in total. The normalized spacial score (nSPS) is 14.4. The molecule has 0 atom stereocenters. The minimum atomic E-state index is -0.250. The molecule has 0 saturated heterocycles. The maximum atomic E-state index is 13.9. The molecule has 0 unspecified atom stereocenters. The molecule has 0 fully saturated rings. The van der Waals surface area contributed by atoms with Crippen LogP contribution in [0.15, 0.2) is 121 Å². The Labute approximate surface area is 353 Å². The van der Waals surface area contributed by atoms with Gasteiger partial charge in [-0.25, -0.2) is 0 Å². The van der Waals surface area contributed by atoms with Gasteiger partial charge in [0.25, 0.3) is 0 Å². The Bertz CT molecular complexity index is 2680. The van der Waals surface area contributed by atoms with Crippen LogP contribution < -0.4 is 10.4 Å². The lowest BCUT2D eigenvalue weighted by molar-refractivity contribution is 0.101. The minimum absolute atomic E-state index is 0.197. The summed E-state index contributed by atoms with van der Waals surface area (Å²) >= 11 is 0. The molecular formula is C56H52O4. The lowest BCUT2D eigenvalue weighted by Crippen LogP contribution is -2.17. The summed E-state index contributed by atoms with van der Waals surface area (Å²) in [5.74, 6) is 0.0810. The van der Waals surface area contributed by atoms with E-state index in [9.17, 15) is 19.2 Å². The van der Waals surface area contributed by atoms with Gasteiger partial charge in [-0.15, -0.1) is 0 Å². The van der Waals surface area contributed by atoms with E-state index in [0.717, 1.165) is 21.6 Å². The first-order chi connectivity index (χ1) is 28.8. The highest BCUT2D eigenvalue weighted by molar-refractivity contribution is 6.56. The second-order valence-corrected chi connectivity index (χ2v) is 17.7. The van der Waals surface area contributed by atoms with Crippen molar-refractivity contribution >= 4 is 34.3 Å². The summed E-state index contributed by atoms with van der Waals surface area (Å²) in [7, 11) is 0. The lowest BCUT2D eigenvalue weighted by atomic mass is 9.84. The van der Waals surface area contributed by atoms with Crippen molar-refractivity contribution in [3.05, 3.63) is 209 Å². The average Bonchev–Trinajstić information content (AvgIpc) is 3.64. The summed E-state index contributed by atoms with van der Waals surface area (Å²) in [6.07, 6.45) is 1.16. The van der Waals surface area contributed by atoms with Crippen molar-refractivity contribution in [3.63, 3.8) is 0 Å². The summed E-state index contributed by atoms with van der Waals surface area (Å²) in [6, 6.07) is 39.4. The first-order valence-electron chi connectivity index (χ1n) is 21.4. The van der Waals surface area contributed by atoms with E-state index < -0.39 is 0 Å². The van der Waals surface area contributed by atoms with Crippen LogP contribution in [0.1, 0.15) is 165 Å². The molecule has 2 aliphatic rings. The van der Waals surface area contributed by atoms with Gasteiger partial charge in [-0.05, 0) is 114 Å². The molecule has 2 aliphatic carbocycles. The van der Waals surface area contributed by atoms with Crippen LogP contribution in [-0.4, -0.2) is 23.1 Å². The Morgan fingerprint density at radius 2 is 0.633 bits per heavy atom. The first-order valence-corrected chi connectivity index (χ1v) is 21.4. The number of Topliss-reactive ketones (excluding diaryl/α,β-unsaturated/α-hetero) is 4. The van der Waals surface area contributed by atoms with E-state index in [2.05, 4.69) is 116 Å². The number of carbonyl (C=O) groups excluding carboxylic acids is 4. The minimum Gasteiger partial charge on any atom is -0.288 e. The van der Waals surface area contributed by atoms with Crippen LogP contribution in [0.4, 0.5) is 0 Å². The fourth-order valence-electron chi connectivity index (χ4n) is 9.54. The van der Waals surface area contributed by atoms with E-state index >= 15 is 0 Å². The Hall–Kier alpha value is -6.26. The third kappa shape index (κ3) is 7.02. The SMILES string of the molecule is CC(C)c1cccc(C(C)C)c1Cc1cc(=C2C(=O)c3ccccc3C2=O)cc/c1=c1/ccc(=C2C(=O)c3ccccc3C2=O)cc1Cc1c(C(C)C)cccc1C(C)C. The number of carbonyl (C=O) groups is 4. The van der Waals surface area contributed by atoms with Crippen molar-refractivity contribution in [2.45, 2.75) is 91.9 Å². The number of hydrogen-bond acceptors (Lipinski definition) is 4.